The van der Waals surface area contributed by atoms with Gasteiger partial charge in [-0.05, 0) is 60.4 Å². The first kappa shape index (κ1) is 26.3. The molecule has 0 aliphatic heterocycles. The maximum absolute atomic E-state index is 12.3. The highest BCUT2D eigenvalue weighted by Crippen LogP contribution is 2.34. The van der Waals surface area contributed by atoms with Gasteiger partial charge in [0.15, 0.2) is 9.84 Å². The number of aromatic carboxylic acids is 1. The number of hydrogen-bond acceptors (Lipinski definition) is 5. The van der Waals surface area contributed by atoms with E-state index >= 15 is 0 Å². The Bertz CT molecular complexity index is 1230. The molecule has 0 fully saturated rings. The molecule has 0 heterocycles. The van der Waals surface area contributed by atoms with E-state index < -0.39 is 21.2 Å². The first-order valence-electron chi connectivity index (χ1n) is 11.7. The van der Waals surface area contributed by atoms with E-state index in [0.717, 1.165) is 36.1 Å². The predicted octanol–water partition coefficient (Wildman–Crippen LogP) is 5.83. The van der Waals surface area contributed by atoms with Gasteiger partial charge in [0.05, 0.1) is 17.3 Å². The predicted molar refractivity (Wildman–Crippen MR) is 136 cm³/mol. The van der Waals surface area contributed by atoms with Crippen molar-refractivity contribution < 1.29 is 28.2 Å². The van der Waals surface area contributed by atoms with E-state index in [9.17, 15) is 23.4 Å². The zero-order chi connectivity index (χ0) is 25.5. The first-order chi connectivity index (χ1) is 16.6. The van der Waals surface area contributed by atoms with Crippen molar-refractivity contribution in [3.05, 3.63) is 89.5 Å². The molecule has 0 bridgehead atoms. The van der Waals surface area contributed by atoms with Crippen LogP contribution in [0.5, 0.6) is 11.5 Å². The van der Waals surface area contributed by atoms with Crippen LogP contribution in [0.4, 0.5) is 0 Å². The summed E-state index contributed by atoms with van der Waals surface area (Å²) in [6.45, 7) is 4.55. The lowest BCUT2D eigenvalue weighted by molar-refractivity contribution is 0.0693. The summed E-state index contributed by atoms with van der Waals surface area (Å²) in [6.07, 6.45) is 3.18. The zero-order valence-corrected chi connectivity index (χ0v) is 20.9. The van der Waals surface area contributed by atoms with Gasteiger partial charge in [-0.2, -0.15) is 0 Å². The highest BCUT2D eigenvalue weighted by atomic mass is 32.2. The molecule has 0 spiro atoms. The Kier molecular flexibility index (Phi) is 8.57. The molecule has 0 amide bonds. The highest BCUT2D eigenvalue weighted by Gasteiger charge is 2.25. The van der Waals surface area contributed by atoms with Crippen LogP contribution in [0.25, 0.3) is 0 Å². The number of benzene rings is 3. The molecule has 2 N–H and O–H groups in total. The lowest BCUT2D eigenvalue weighted by Crippen LogP contribution is -2.19. The molecular formula is C28H32O6S. The topological polar surface area (TPSA) is 101 Å². The molecule has 7 heteroatoms. The highest BCUT2D eigenvalue weighted by molar-refractivity contribution is 7.91. The molecule has 35 heavy (non-hydrogen) atoms. The molecule has 6 nitrogen and oxygen atoms in total. The summed E-state index contributed by atoms with van der Waals surface area (Å²) < 4.78 is 30.4. The molecule has 0 aromatic heterocycles. The van der Waals surface area contributed by atoms with E-state index in [-0.39, 0.29) is 17.1 Å². The van der Waals surface area contributed by atoms with Gasteiger partial charge in [-0.1, -0.05) is 63.1 Å². The van der Waals surface area contributed by atoms with Gasteiger partial charge in [0, 0.05) is 5.41 Å². The number of hydrogen-bond donors (Lipinski definition) is 2. The maximum Gasteiger partial charge on any atom is 0.339 e. The fraction of sp³-hybridized carbons (Fsp3) is 0.321. The van der Waals surface area contributed by atoms with E-state index in [1.54, 1.807) is 36.4 Å². The Morgan fingerprint density at radius 3 is 2.14 bits per heavy atom. The SMILES string of the molecule is CC(C)(c1ccc(OCCCCCCS(=O)(=O)c2ccccc2)cc1)c1ccc(O)c(C(=O)O)c1. The third-order valence-electron chi connectivity index (χ3n) is 6.20. The van der Waals surface area contributed by atoms with Crippen LogP contribution in [0.2, 0.25) is 0 Å². The minimum absolute atomic E-state index is 0.117. The number of carboxylic acids is 1. The monoisotopic (exact) mass is 496 g/mol. The molecule has 0 saturated carbocycles. The second kappa shape index (κ2) is 11.4. The number of ether oxygens (including phenoxy) is 1. The third kappa shape index (κ3) is 6.85. The van der Waals surface area contributed by atoms with Crippen molar-refractivity contribution >= 4 is 15.8 Å². The molecule has 0 radical (unpaired) electrons. The quantitative estimate of drug-likeness (QED) is 0.306. The van der Waals surface area contributed by atoms with E-state index in [2.05, 4.69) is 0 Å². The zero-order valence-electron chi connectivity index (χ0n) is 20.1. The lowest BCUT2D eigenvalue weighted by Gasteiger charge is -2.27. The van der Waals surface area contributed by atoms with Gasteiger partial charge in [0.2, 0.25) is 0 Å². The van der Waals surface area contributed by atoms with Crippen LogP contribution in [0, 0.1) is 0 Å². The van der Waals surface area contributed by atoms with Crippen molar-refractivity contribution in [3.63, 3.8) is 0 Å². The van der Waals surface area contributed by atoms with Gasteiger partial charge in [-0.25, -0.2) is 13.2 Å². The molecule has 0 unspecified atom stereocenters. The molecule has 3 aromatic carbocycles. The summed E-state index contributed by atoms with van der Waals surface area (Å²) in [5.41, 5.74) is 1.20. The largest absolute Gasteiger partial charge is 0.507 e. The van der Waals surface area contributed by atoms with Crippen LogP contribution in [0.15, 0.2) is 77.7 Å². The number of sulfone groups is 1. The summed E-state index contributed by atoms with van der Waals surface area (Å²) >= 11 is 0. The summed E-state index contributed by atoms with van der Waals surface area (Å²) in [7, 11) is -3.21. The summed E-state index contributed by atoms with van der Waals surface area (Å²) in [6, 6.07) is 20.9. The molecule has 0 aliphatic carbocycles. The van der Waals surface area contributed by atoms with Crippen molar-refractivity contribution in [1.82, 2.24) is 0 Å². The fourth-order valence-electron chi connectivity index (χ4n) is 3.91. The van der Waals surface area contributed by atoms with E-state index in [0.29, 0.717) is 17.9 Å². The van der Waals surface area contributed by atoms with E-state index in [4.69, 9.17) is 4.74 Å². The van der Waals surface area contributed by atoms with Crippen molar-refractivity contribution in [2.24, 2.45) is 0 Å². The van der Waals surface area contributed by atoms with Gasteiger partial charge in [-0.3, -0.25) is 0 Å². The fourth-order valence-corrected chi connectivity index (χ4v) is 5.31. The molecule has 0 aliphatic rings. The van der Waals surface area contributed by atoms with Crippen molar-refractivity contribution in [1.29, 1.82) is 0 Å². The minimum Gasteiger partial charge on any atom is -0.507 e. The van der Waals surface area contributed by atoms with Gasteiger partial charge in [0.25, 0.3) is 0 Å². The number of aromatic hydroxyl groups is 1. The molecule has 3 rings (SSSR count). The molecule has 3 aromatic rings. The Morgan fingerprint density at radius 2 is 1.49 bits per heavy atom. The number of unbranched alkanes of at least 4 members (excludes halogenated alkanes) is 3. The van der Waals surface area contributed by atoms with Crippen LogP contribution in [0.3, 0.4) is 0 Å². The number of rotatable bonds is 12. The van der Waals surface area contributed by atoms with Crippen molar-refractivity contribution in [3.8, 4) is 11.5 Å². The van der Waals surface area contributed by atoms with Crippen molar-refractivity contribution in [2.75, 3.05) is 12.4 Å². The molecular weight excluding hydrogens is 464 g/mol. The van der Waals surface area contributed by atoms with Crippen LogP contribution in [-0.2, 0) is 15.3 Å². The number of carboxylic acid groups (broad SMARTS) is 1. The second-order valence-electron chi connectivity index (χ2n) is 9.08. The Balaban J connectivity index is 1.45. The normalized spacial score (nSPS) is 11.8. The second-order valence-corrected chi connectivity index (χ2v) is 11.2. The lowest BCUT2D eigenvalue weighted by atomic mass is 9.77. The average molecular weight is 497 g/mol. The van der Waals surface area contributed by atoms with E-state index in [1.165, 1.54) is 12.1 Å². The van der Waals surface area contributed by atoms with Gasteiger partial charge >= 0.3 is 5.97 Å². The van der Waals surface area contributed by atoms with Crippen LogP contribution >= 0.6 is 0 Å². The Labute approximate surface area is 207 Å². The number of carbonyl (C=O) groups is 1. The maximum atomic E-state index is 12.3. The average Bonchev–Trinajstić information content (AvgIpc) is 2.84. The Hall–Kier alpha value is -3.32. The van der Waals surface area contributed by atoms with Crippen molar-refractivity contribution in [2.45, 2.75) is 49.8 Å². The Morgan fingerprint density at radius 1 is 0.857 bits per heavy atom. The van der Waals surface area contributed by atoms with Crippen LogP contribution < -0.4 is 4.74 Å². The van der Waals surface area contributed by atoms with Gasteiger partial charge in [-0.15, -0.1) is 0 Å². The molecule has 0 saturated heterocycles. The smallest absolute Gasteiger partial charge is 0.339 e. The van der Waals surface area contributed by atoms with E-state index in [1.807, 2.05) is 38.1 Å². The first-order valence-corrected chi connectivity index (χ1v) is 13.3. The minimum atomic E-state index is -3.21. The standard InChI is InChI=1S/C28H32O6S/c1-28(2,22-14-17-26(29)25(20-22)27(30)31)21-12-15-23(16-13-21)34-18-8-3-4-9-19-35(32,33)24-10-6-5-7-11-24/h5-7,10-17,20,29H,3-4,8-9,18-19H2,1-2H3,(H,30,31). The third-order valence-corrected chi connectivity index (χ3v) is 8.02. The summed E-state index contributed by atoms with van der Waals surface area (Å²) in [5, 5.41) is 19.1. The van der Waals surface area contributed by atoms with Crippen LogP contribution in [0.1, 0.15) is 61.0 Å². The van der Waals surface area contributed by atoms with Gasteiger partial charge < -0.3 is 14.9 Å². The molecule has 0 atom stereocenters. The van der Waals surface area contributed by atoms with Gasteiger partial charge in [0.1, 0.15) is 17.1 Å². The summed E-state index contributed by atoms with van der Waals surface area (Å²) in [4.78, 5) is 11.7. The summed E-state index contributed by atoms with van der Waals surface area (Å²) in [5.74, 6) is -0.516. The molecule has 186 valence electrons. The number of phenols is 1. The van der Waals surface area contributed by atoms with Crippen LogP contribution in [-0.4, -0.2) is 37.0 Å².